The van der Waals surface area contributed by atoms with Crippen LogP contribution in [0.2, 0.25) is 0 Å². The molecule has 1 heterocycles. The Morgan fingerprint density at radius 1 is 1.67 bits per heavy atom. The third-order valence-electron chi connectivity index (χ3n) is 1.33. The van der Waals surface area contributed by atoms with Gasteiger partial charge in [-0.1, -0.05) is 13.3 Å². The van der Waals surface area contributed by atoms with Crippen molar-refractivity contribution in [3.8, 4) is 0 Å². The normalized spacial score (nSPS) is 9.89. The van der Waals surface area contributed by atoms with Gasteiger partial charge in [0.15, 0.2) is 0 Å². The van der Waals surface area contributed by atoms with Gasteiger partial charge in [-0.15, -0.1) is 0 Å². The summed E-state index contributed by atoms with van der Waals surface area (Å²) in [6.45, 7) is 3.30. The summed E-state index contributed by atoms with van der Waals surface area (Å²) in [5, 5.41) is 0. The Morgan fingerprint density at radius 2 is 2.56 bits per heavy atom. The second kappa shape index (κ2) is 3.28. The Bertz CT molecular complexity index is 149. The monoisotopic (exact) mass is 126 g/mol. The van der Waals surface area contributed by atoms with Gasteiger partial charge in [0.05, 0.1) is 6.33 Å². The van der Waals surface area contributed by atoms with Crippen LogP contribution in [-0.2, 0) is 6.54 Å². The minimum Gasteiger partial charge on any atom is -0.337 e. The second-order valence-electron chi connectivity index (χ2n) is 2.15. The highest BCUT2D eigenvalue weighted by atomic mass is 15.0. The highest BCUT2D eigenvalue weighted by Gasteiger charge is 1.85. The Balaban J connectivity index is 0.000000810. The van der Waals surface area contributed by atoms with Crippen LogP contribution >= 0.6 is 0 Å². The molecule has 0 bridgehead atoms. The number of unbranched alkanes of at least 4 members (excludes halogenated alkanes) is 1. The molecule has 0 amide bonds. The van der Waals surface area contributed by atoms with Crippen molar-refractivity contribution in [3.05, 3.63) is 18.7 Å². The van der Waals surface area contributed by atoms with Crippen LogP contribution < -0.4 is 0 Å². The van der Waals surface area contributed by atoms with E-state index in [1.54, 1.807) is 0 Å². The van der Waals surface area contributed by atoms with Gasteiger partial charge in [-0.3, -0.25) is 0 Å². The van der Waals surface area contributed by atoms with Crippen molar-refractivity contribution in [1.82, 2.24) is 9.55 Å². The Hall–Kier alpha value is -0.790. The molecule has 0 saturated heterocycles. The first-order valence-electron chi connectivity index (χ1n) is 3.39. The van der Waals surface area contributed by atoms with Gasteiger partial charge in [0.1, 0.15) is 0 Å². The molecule has 0 aliphatic heterocycles. The van der Waals surface area contributed by atoms with Crippen molar-refractivity contribution in [1.29, 1.82) is 0 Å². The molecule has 1 aromatic rings. The van der Waals surface area contributed by atoms with Gasteiger partial charge >= 0.3 is 0 Å². The average Bonchev–Trinajstić information content (AvgIpc) is 2.34. The summed E-state index contributed by atoms with van der Waals surface area (Å²) in [4.78, 5) is 3.94. The maximum atomic E-state index is 3.94. The summed E-state index contributed by atoms with van der Waals surface area (Å²) in [5.41, 5.74) is 0. The van der Waals surface area contributed by atoms with Crippen LogP contribution in [0.3, 0.4) is 0 Å². The average molecular weight is 126 g/mol. The van der Waals surface area contributed by atoms with E-state index < -0.39 is 0 Å². The molecule has 0 spiro atoms. The van der Waals surface area contributed by atoms with Crippen LogP contribution in [0.1, 0.15) is 21.2 Å². The van der Waals surface area contributed by atoms with Crippen molar-refractivity contribution in [2.24, 2.45) is 0 Å². The molecule has 0 aromatic carbocycles. The largest absolute Gasteiger partial charge is 0.337 e. The molecule has 0 unspecified atom stereocenters. The molecule has 52 valence electrons. The summed E-state index contributed by atoms with van der Waals surface area (Å²) in [7, 11) is 0. The van der Waals surface area contributed by atoms with Crippen molar-refractivity contribution in [3.63, 3.8) is 0 Å². The summed E-state index contributed by atoms with van der Waals surface area (Å²) < 4.78 is 2.10. The lowest BCUT2D eigenvalue weighted by atomic mass is 10.3. The quantitative estimate of drug-likeness (QED) is 0.605. The van der Waals surface area contributed by atoms with E-state index in [2.05, 4.69) is 16.5 Å². The number of hydrogen-bond donors (Lipinski definition) is 0. The van der Waals surface area contributed by atoms with Gasteiger partial charge < -0.3 is 4.57 Å². The summed E-state index contributed by atoms with van der Waals surface area (Å²) in [6, 6.07) is 0. The lowest BCUT2D eigenvalue weighted by Crippen LogP contribution is -1.92. The summed E-state index contributed by atoms with van der Waals surface area (Å²) in [6.07, 6.45) is 8.16. The molecular weight excluding hydrogens is 112 g/mol. The predicted molar refractivity (Wildman–Crippen MR) is 39.2 cm³/mol. The topological polar surface area (TPSA) is 17.8 Å². The van der Waals surface area contributed by atoms with E-state index in [0.717, 1.165) is 6.54 Å². The summed E-state index contributed by atoms with van der Waals surface area (Å²) >= 11 is 0. The predicted octanol–water partition coefficient (Wildman–Crippen LogP) is 1.93. The first-order chi connectivity index (χ1) is 4.43. The van der Waals surface area contributed by atoms with E-state index in [-0.39, 0.29) is 1.43 Å². The van der Waals surface area contributed by atoms with E-state index in [1.807, 2.05) is 18.7 Å². The molecule has 9 heavy (non-hydrogen) atoms. The number of nitrogens with zero attached hydrogens (tertiary/aromatic N) is 2. The third kappa shape index (κ3) is 1.88. The van der Waals surface area contributed by atoms with Gasteiger partial charge in [-0.05, 0) is 6.42 Å². The van der Waals surface area contributed by atoms with E-state index in [0.29, 0.717) is 0 Å². The molecule has 0 fully saturated rings. The lowest BCUT2D eigenvalue weighted by molar-refractivity contribution is 0.631. The summed E-state index contributed by atoms with van der Waals surface area (Å²) in [5.74, 6) is 0. The van der Waals surface area contributed by atoms with E-state index >= 15 is 0 Å². The van der Waals surface area contributed by atoms with Crippen molar-refractivity contribution >= 4 is 0 Å². The Kier molecular flexibility index (Phi) is 2.31. The minimum absolute atomic E-state index is 0. The van der Waals surface area contributed by atoms with Crippen LogP contribution in [0.15, 0.2) is 18.7 Å². The van der Waals surface area contributed by atoms with E-state index in [9.17, 15) is 0 Å². The molecular formula is C7H14N2. The Morgan fingerprint density at radius 3 is 3.11 bits per heavy atom. The zero-order valence-corrected chi connectivity index (χ0v) is 5.75. The zero-order valence-electron chi connectivity index (χ0n) is 5.75. The molecule has 0 aliphatic rings. The lowest BCUT2D eigenvalue weighted by Gasteiger charge is -1.96. The SMILES string of the molecule is CCCCn1ccnc1.[HH]. The fourth-order valence-corrected chi connectivity index (χ4v) is 0.760. The number of hydrogen-bond acceptors (Lipinski definition) is 1. The molecule has 0 aliphatic carbocycles. The number of aromatic nitrogens is 2. The maximum Gasteiger partial charge on any atom is 0.0945 e. The molecule has 2 heteroatoms. The van der Waals surface area contributed by atoms with Crippen LogP contribution in [0.4, 0.5) is 0 Å². The zero-order chi connectivity index (χ0) is 6.53. The first-order valence-corrected chi connectivity index (χ1v) is 3.39. The fourth-order valence-electron chi connectivity index (χ4n) is 0.760. The Labute approximate surface area is 57.0 Å². The van der Waals surface area contributed by atoms with Crippen LogP contribution in [0.5, 0.6) is 0 Å². The first kappa shape index (κ1) is 6.33. The third-order valence-corrected chi connectivity index (χ3v) is 1.33. The molecule has 1 rings (SSSR count). The highest BCUT2D eigenvalue weighted by Crippen LogP contribution is 1.92. The van der Waals surface area contributed by atoms with Crippen molar-refractivity contribution in [2.45, 2.75) is 26.3 Å². The molecule has 0 atom stereocenters. The smallest absolute Gasteiger partial charge is 0.0945 e. The second-order valence-corrected chi connectivity index (χ2v) is 2.15. The van der Waals surface area contributed by atoms with E-state index in [1.165, 1.54) is 12.8 Å². The fraction of sp³-hybridized carbons (Fsp3) is 0.571. The van der Waals surface area contributed by atoms with Gasteiger partial charge in [0.25, 0.3) is 0 Å². The van der Waals surface area contributed by atoms with Gasteiger partial charge in [0, 0.05) is 20.4 Å². The van der Waals surface area contributed by atoms with Gasteiger partial charge in [-0.2, -0.15) is 0 Å². The maximum absolute atomic E-state index is 3.94. The van der Waals surface area contributed by atoms with E-state index in [4.69, 9.17) is 0 Å². The van der Waals surface area contributed by atoms with Crippen molar-refractivity contribution < 1.29 is 1.43 Å². The van der Waals surface area contributed by atoms with Crippen LogP contribution in [0, 0.1) is 0 Å². The molecule has 2 nitrogen and oxygen atoms in total. The van der Waals surface area contributed by atoms with Gasteiger partial charge in [-0.25, -0.2) is 4.98 Å². The minimum atomic E-state index is 0. The molecule has 1 aromatic heterocycles. The molecule has 0 saturated carbocycles. The number of aryl methyl sites for hydroxylation is 1. The van der Waals surface area contributed by atoms with Crippen LogP contribution in [0.25, 0.3) is 0 Å². The number of rotatable bonds is 3. The number of imidazole rings is 1. The highest BCUT2D eigenvalue weighted by molar-refractivity contribution is 4.73. The van der Waals surface area contributed by atoms with Crippen molar-refractivity contribution in [2.75, 3.05) is 0 Å². The molecule has 0 N–H and O–H groups in total. The molecule has 0 radical (unpaired) electrons. The standard InChI is InChI=1S/C7H12N2.H2/c1-2-3-5-9-6-4-8-7-9;/h4,6-7H,2-3,5H2,1H3;1H. The van der Waals surface area contributed by atoms with Gasteiger partial charge in [0.2, 0.25) is 0 Å². The van der Waals surface area contributed by atoms with Crippen LogP contribution in [-0.4, -0.2) is 9.55 Å².